The summed E-state index contributed by atoms with van der Waals surface area (Å²) in [5, 5.41) is 22.6. The predicted octanol–water partition coefficient (Wildman–Crippen LogP) is 2.33. The molecule has 1 aliphatic carbocycles. The van der Waals surface area contributed by atoms with E-state index in [1.54, 1.807) is 6.20 Å². The quantitative estimate of drug-likeness (QED) is 0.654. The zero-order valence-electron chi connectivity index (χ0n) is 11.2. The molecule has 1 aliphatic rings. The van der Waals surface area contributed by atoms with Crippen molar-refractivity contribution in [3.63, 3.8) is 0 Å². The molecule has 0 amide bonds. The second kappa shape index (κ2) is 5.79. The van der Waals surface area contributed by atoms with Crippen molar-refractivity contribution in [3.05, 3.63) is 45.2 Å². The average Bonchev–Trinajstić information content (AvgIpc) is 3.16. The van der Waals surface area contributed by atoms with Gasteiger partial charge in [-0.1, -0.05) is 16.8 Å². The third kappa shape index (κ3) is 3.37. The van der Waals surface area contributed by atoms with Gasteiger partial charge in [-0.3, -0.25) is 10.1 Å². The number of benzene rings is 1. The molecule has 2 aromatic rings. The summed E-state index contributed by atoms with van der Waals surface area (Å²) < 4.78 is 1.46. The van der Waals surface area contributed by atoms with E-state index in [0.29, 0.717) is 17.3 Å². The number of nitro groups is 1. The Morgan fingerprint density at radius 3 is 3.00 bits per heavy atom. The zero-order valence-corrected chi connectivity index (χ0v) is 12.0. The highest BCUT2D eigenvalue weighted by Gasteiger charge is 2.20. The first kappa shape index (κ1) is 14.0. The van der Waals surface area contributed by atoms with Crippen LogP contribution in [-0.4, -0.2) is 26.5 Å². The molecule has 21 heavy (non-hydrogen) atoms. The fourth-order valence-electron chi connectivity index (χ4n) is 2.01. The average molecular weight is 308 g/mol. The highest BCUT2D eigenvalue weighted by atomic mass is 35.5. The van der Waals surface area contributed by atoms with Gasteiger partial charge < -0.3 is 5.32 Å². The predicted molar refractivity (Wildman–Crippen MR) is 77.5 cm³/mol. The van der Waals surface area contributed by atoms with Crippen molar-refractivity contribution in [2.45, 2.75) is 19.4 Å². The Kier molecular flexibility index (Phi) is 3.85. The molecule has 8 heteroatoms. The summed E-state index contributed by atoms with van der Waals surface area (Å²) in [7, 11) is 0. The first-order chi connectivity index (χ1) is 10.1. The minimum atomic E-state index is -0.463. The highest BCUT2D eigenvalue weighted by molar-refractivity contribution is 6.32. The van der Waals surface area contributed by atoms with Gasteiger partial charge >= 0.3 is 0 Å². The van der Waals surface area contributed by atoms with Gasteiger partial charge in [-0.25, -0.2) is 4.68 Å². The molecule has 0 unspecified atom stereocenters. The number of non-ortho nitro benzene ring substituents is 1. The Balaban J connectivity index is 1.75. The van der Waals surface area contributed by atoms with Crippen molar-refractivity contribution < 1.29 is 4.92 Å². The van der Waals surface area contributed by atoms with Crippen LogP contribution in [0.15, 0.2) is 24.4 Å². The standard InChI is InChI=1S/C13H14ClN5O2/c14-12-4-3-11(19(20)21)5-13(12)18-8-10(16-17-18)7-15-6-9-1-2-9/h3-5,8-9,15H,1-2,6-7H2. The number of rotatable bonds is 6. The molecule has 3 rings (SSSR count). The largest absolute Gasteiger partial charge is 0.311 e. The molecular formula is C13H14ClN5O2. The van der Waals surface area contributed by atoms with Gasteiger partial charge in [0.15, 0.2) is 0 Å². The van der Waals surface area contributed by atoms with E-state index in [1.807, 2.05) is 0 Å². The summed E-state index contributed by atoms with van der Waals surface area (Å²) in [5.41, 5.74) is 1.20. The van der Waals surface area contributed by atoms with E-state index in [-0.39, 0.29) is 5.69 Å². The Morgan fingerprint density at radius 1 is 1.48 bits per heavy atom. The molecule has 1 aromatic carbocycles. The Morgan fingerprint density at radius 2 is 2.29 bits per heavy atom. The lowest BCUT2D eigenvalue weighted by Gasteiger charge is -2.02. The molecule has 110 valence electrons. The fraction of sp³-hybridized carbons (Fsp3) is 0.385. The van der Waals surface area contributed by atoms with Gasteiger partial charge in [-0.15, -0.1) is 5.10 Å². The van der Waals surface area contributed by atoms with Crippen LogP contribution in [0.25, 0.3) is 5.69 Å². The number of aromatic nitrogens is 3. The molecule has 1 aromatic heterocycles. The molecule has 1 N–H and O–H groups in total. The van der Waals surface area contributed by atoms with Gasteiger partial charge in [-0.2, -0.15) is 0 Å². The van der Waals surface area contributed by atoms with E-state index in [4.69, 9.17) is 11.6 Å². The van der Waals surface area contributed by atoms with Crippen LogP contribution in [0.4, 0.5) is 5.69 Å². The fourth-order valence-corrected chi connectivity index (χ4v) is 2.22. The number of halogens is 1. The van der Waals surface area contributed by atoms with Crippen LogP contribution in [0.3, 0.4) is 0 Å². The van der Waals surface area contributed by atoms with Gasteiger partial charge in [0.1, 0.15) is 0 Å². The van der Waals surface area contributed by atoms with Crippen LogP contribution in [0, 0.1) is 16.0 Å². The molecule has 1 fully saturated rings. The zero-order chi connectivity index (χ0) is 14.8. The Bertz CT molecular complexity index is 668. The van der Waals surface area contributed by atoms with E-state index in [9.17, 15) is 10.1 Å². The van der Waals surface area contributed by atoms with Crippen LogP contribution in [0.1, 0.15) is 18.5 Å². The van der Waals surface area contributed by atoms with Gasteiger partial charge in [0.05, 0.1) is 27.5 Å². The normalized spacial score (nSPS) is 14.3. The number of nitro benzene ring substituents is 1. The van der Waals surface area contributed by atoms with E-state index >= 15 is 0 Å². The molecule has 1 heterocycles. The molecule has 0 aliphatic heterocycles. The van der Waals surface area contributed by atoms with Gasteiger partial charge in [0.2, 0.25) is 0 Å². The van der Waals surface area contributed by atoms with Crippen molar-refractivity contribution in [2.75, 3.05) is 6.54 Å². The lowest BCUT2D eigenvalue weighted by Crippen LogP contribution is -2.16. The van der Waals surface area contributed by atoms with E-state index < -0.39 is 4.92 Å². The van der Waals surface area contributed by atoms with Gasteiger partial charge in [-0.05, 0) is 31.4 Å². The van der Waals surface area contributed by atoms with Crippen molar-refractivity contribution in [3.8, 4) is 5.69 Å². The number of nitrogens with one attached hydrogen (secondary N) is 1. The first-order valence-electron chi connectivity index (χ1n) is 6.70. The van der Waals surface area contributed by atoms with Crippen LogP contribution < -0.4 is 5.32 Å². The van der Waals surface area contributed by atoms with Crippen LogP contribution in [-0.2, 0) is 6.54 Å². The summed E-state index contributed by atoms with van der Waals surface area (Å²) in [6.07, 6.45) is 4.32. The summed E-state index contributed by atoms with van der Waals surface area (Å²) in [5.74, 6) is 0.797. The summed E-state index contributed by atoms with van der Waals surface area (Å²) >= 11 is 6.07. The monoisotopic (exact) mass is 307 g/mol. The highest BCUT2D eigenvalue weighted by Crippen LogP contribution is 2.27. The molecule has 7 nitrogen and oxygen atoms in total. The van der Waals surface area contributed by atoms with Crippen LogP contribution in [0.5, 0.6) is 0 Å². The smallest absolute Gasteiger partial charge is 0.271 e. The van der Waals surface area contributed by atoms with E-state index in [1.165, 1.54) is 35.7 Å². The second-order valence-corrected chi connectivity index (χ2v) is 5.53. The minimum Gasteiger partial charge on any atom is -0.311 e. The number of hydrogen-bond donors (Lipinski definition) is 1. The van der Waals surface area contributed by atoms with Crippen molar-refractivity contribution in [2.24, 2.45) is 5.92 Å². The van der Waals surface area contributed by atoms with Crippen LogP contribution >= 0.6 is 11.6 Å². The minimum absolute atomic E-state index is 0.0293. The lowest BCUT2D eigenvalue weighted by molar-refractivity contribution is -0.384. The maximum Gasteiger partial charge on any atom is 0.271 e. The second-order valence-electron chi connectivity index (χ2n) is 5.12. The molecule has 0 bridgehead atoms. The third-order valence-electron chi connectivity index (χ3n) is 3.36. The Labute approximate surface area is 126 Å². The summed E-state index contributed by atoms with van der Waals surface area (Å²) in [6.45, 7) is 1.62. The summed E-state index contributed by atoms with van der Waals surface area (Å²) in [6, 6.07) is 4.24. The summed E-state index contributed by atoms with van der Waals surface area (Å²) in [4.78, 5) is 10.4. The third-order valence-corrected chi connectivity index (χ3v) is 3.68. The number of hydrogen-bond acceptors (Lipinski definition) is 5. The molecular weight excluding hydrogens is 294 g/mol. The van der Waals surface area contributed by atoms with Crippen LogP contribution in [0.2, 0.25) is 5.02 Å². The van der Waals surface area contributed by atoms with Crippen molar-refractivity contribution in [1.29, 1.82) is 0 Å². The van der Waals surface area contributed by atoms with E-state index in [0.717, 1.165) is 18.2 Å². The topological polar surface area (TPSA) is 85.9 Å². The molecule has 0 atom stereocenters. The van der Waals surface area contributed by atoms with Gasteiger partial charge in [0.25, 0.3) is 5.69 Å². The maximum absolute atomic E-state index is 10.8. The van der Waals surface area contributed by atoms with Crippen molar-refractivity contribution in [1.82, 2.24) is 20.3 Å². The van der Waals surface area contributed by atoms with Gasteiger partial charge in [0, 0.05) is 18.7 Å². The molecule has 0 radical (unpaired) electrons. The maximum atomic E-state index is 10.8. The molecule has 1 saturated carbocycles. The first-order valence-corrected chi connectivity index (χ1v) is 7.07. The van der Waals surface area contributed by atoms with E-state index in [2.05, 4.69) is 15.6 Å². The van der Waals surface area contributed by atoms with Crippen molar-refractivity contribution >= 4 is 17.3 Å². The SMILES string of the molecule is O=[N+]([O-])c1ccc(Cl)c(-n2cc(CNCC3CC3)nn2)c1. The lowest BCUT2D eigenvalue weighted by atomic mass is 10.3. The Hall–Kier alpha value is -1.99. The number of nitrogens with zero attached hydrogens (tertiary/aromatic N) is 4. The molecule has 0 saturated heterocycles. The molecule has 0 spiro atoms.